The zero-order valence-corrected chi connectivity index (χ0v) is 12.5. The van der Waals surface area contributed by atoms with E-state index in [4.69, 9.17) is 0 Å². The molecule has 1 heterocycles. The summed E-state index contributed by atoms with van der Waals surface area (Å²) in [5, 5.41) is 0.878. The van der Waals surface area contributed by atoms with Gasteiger partial charge >= 0.3 is 0 Å². The zero-order valence-electron chi connectivity index (χ0n) is 10.8. The third kappa shape index (κ3) is 2.02. The topological polar surface area (TPSA) is 0 Å². The summed E-state index contributed by atoms with van der Waals surface area (Å²) in [6.07, 6.45) is 5.67. The Kier molecular flexibility index (Phi) is 3.08. The van der Waals surface area contributed by atoms with E-state index in [0.29, 0.717) is 10.9 Å². The summed E-state index contributed by atoms with van der Waals surface area (Å²) in [5.41, 5.74) is 0. The molecule has 1 aliphatic carbocycles. The molecule has 0 radical (unpaired) electrons. The summed E-state index contributed by atoms with van der Waals surface area (Å²) in [6.45, 7) is 0. The summed E-state index contributed by atoms with van der Waals surface area (Å²) < 4.78 is 0. The molecule has 0 unspecified atom stereocenters. The molecule has 2 aromatic rings. The van der Waals surface area contributed by atoms with E-state index in [-0.39, 0.29) is 0 Å². The largest absolute Gasteiger partial charge is 0.174 e. The van der Waals surface area contributed by atoms with Gasteiger partial charge in [0.1, 0.15) is 5.25 Å². The van der Waals surface area contributed by atoms with Gasteiger partial charge in [0.05, 0.1) is 20.7 Å². The van der Waals surface area contributed by atoms with Crippen molar-refractivity contribution in [2.24, 2.45) is 0 Å². The van der Waals surface area contributed by atoms with Crippen molar-refractivity contribution in [2.45, 2.75) is 50.5 Å². The lowest BCUT2D eigenvalue weighted by Crippen LogP contribution is -2.22. The predicted molar refractivity (Wildman–Crippen MR) is 83.2 cm³/mol. The molecule has 0 aromatic heterocycles. The zero-order chi connectivity index (χ0) is 12.7. The van der Waals surface area contributed by atoms with Crippen molar-refractivity contribution in [1.82, 2.24) is 0 Å². The fourth-order valence-electron chi connectivity index (χ4n) is 3.15. The van der Waals surface area contributed by atoms with Gasteiger partial charge in [0, 0.05) is 0 Å². The van der Waals surface area contributed by atoms with Crippen molar-refractivity contribution in [1.29, 1.82) is 0 Å². The first-order chi connectivity index (χ1) is 9.43. The molecule has 0 spiro atoms. The van der Waals surface area contributed by atoms with Crippen LogP contribution in [0.5, 0.6) is 0 Å². The molecular weight excluding hydrogens is 268 g/mol. The van der Waals surface area contributed by atoms with Gasteiger partial charge in [-0.2, -0.15) is 0 Å². The van der Waals surface area contributed by atoms with E-state index in [1.807, 2.05) is 11.8 Å². The molecular formula is C17H17S2+. The highest BCUT2D eigenvalue weighted by molar-refractivity contribution is 8.04. The first kappa shape index (κ1) is 11.9. The Morgan fingerprint density at radius 1 is 0.789 bits per heavy atom. The Labute approximate surface area is 122 Å². The van der Waals surface area contributed by atoms with Crippen LogP contribution in [0, 0.1) is 0 Å². The number of rotatable bonds is 1. The van der Waals surface area contributed by atoms with E-state index in [1.54, 1.807) is 9.79 Å². The van der Waals surface area contributed by atoms with E-state index >= 15 is 0 Å². The van der Waals surface area contributed by atoms with E-state index in [1.165, 1.54) is 35.5 Å². The number of fused-ring (bicyclic) bond motifs is 2. The highest BCUT2D eigenvalue weighted by Gasteiger charge is 2.42. The number of benzene rings is 2. The third-order valence-corrected chi connectivity index (χ3v) is 8.24. The Bertz CT molecular complexity index is 554. The van der Waals surface area contributed by atoms with Crippen LogP contribution < -0.4 is 0 Å². The van der Waals surface area contributed by atoms with Gasteiger partial charge in [-0.05, 0) is 49.9 Å². The summed E-state index contributed by atoms with van der Waals surface area (Å²) in [5.74, 6) is 0. The van der Waals surface area contributed by atoms with Gasteiger partial charge in [-0.3, -0.25) is 0 Å². The van der Waals surface area contributed by atoms with Gasteiger partial charge in [0.15, 0.2) is 9.79 Å². The normalized spacial score (nSPS) is 19.2. The lowest BCUT2D eigenvalue weighted by atomic mass is 10.3. The number of hydrogen-bond donors (Lipinski definition) is 0. The molecule has 4 rings (SSSR count). The Morgan fingerprint density at radius 3 is 1.89 bits per heavy atom. The predicted octanol–water partition coefficient (Wildman–Crippen LogP) is 5.13. The van der Waals surface area contributed by atoms with Gasteiger partial charge in [0.2, 0.25) is 0 Å². The summed E-state index contributed by atoms with van der Waals surface area (Å²) in [7, 11) is 0.309. The second kappa shape index (κ2) is 4.92. The van der Waals surface area contributed by atoms with Crippen molar-refractivity contribution >= 4 is 22.7 Å². The van der Waals surface area contributed by atoms with Crippen molar-refractivity contribution in [2.75, 3.05) is 0 Å². The first-order valence-corrected chi connectivity index (χ1v) is 9.13. The van der Waals surface area contributed by atoms with Crippen molar-refractivity contribution in [3.05, 3.63) is 48.5 Å². The molecule has 2 heteroatoms. The van der Waals surface area contributed by atoms with Gasteiger partial charge in [-0.1, -0.05) is 36.0 Å². The maximum absolute atomic E-state index is 2.36. The van der Waals surface area contributed by atoms with Crippen LogP contribution in [0.1, 0.15) is 25.7 Å². The lowest BCUT2D eigenvalue weighted by molar-refractivity contribution is 0.883. The third-order valence-electron chi connectivity index (χ3n) is 4.03. The molecule has 0 amide bonds. The SMILES string of the molecule is c1ccc2c(c1)Sc1ccccc1[S+]2C1CCCC1. The Balaban J connectivity index is 1.87. The van der Waals surface area contributed by atoms with Crippen LogP contribution in [0.2, 0.25) is 0 Å². The second-order valence-corrected chi connectivity index (χ2v) is 8.55. The second-order valence-electron chi connectivity index (χ2n) is 5.24. The van der Waals surface area contributed by atoms with Gasteiger partial charge in [0.25, 0.3) is 0 Å². The van der Waals surface area contributed by atoms with Crippen molar-refractivity contribution in [3.8, 4) is 0 Å². The molecule has 1 fully saturated rings. The van der Waals surface area contributed by atoms with Crippen LogP contribution in [-0.2, 0) is 10.9 Å². The molecule has 1 aliphatic heterocycles. The minimum absolute atomic E-state index is 0.309. The van der Waals surface area contributed by atoms with E-state index < -0.39 is 0 Å². The van der Waals surface area contributed by atoms with Crippen LogP contribution >= 0.6 is 11.8 Å². The maximum atomic E-state index is 2.36. The molecule has 0 nitrogen and oxygen atoms in total. The van der Waals surface area contributed by atoms with Crippen LogP contribution in [0.4, 0.5) is 0 Å². The summed E-state index contributed by atoms with van der Waals surface area (Å²) >= 11 is 1.95. The molecule has 0 bridgehead atoms. The minimum atomic E-state index is 0.309. The van der Waals surface area contributed by atoms with Crippen LogP contribution in [0.25, 0.3) is 0 Å². The minimum Gasteiger partial charge on any atom is -0.0795 e. The van der Waals surface area contributed by atoms with Gasteiger partial charge < -0.3 is 0 Å². The maximum Gasteiger partial charge on any atom is 0.174 e. The summed E-state index contributed by atoms with van der Waals surface area (Å²) in [4.78, 5) is 6.16. The Hall–Kier alpha value is -0.860. The molecule has 1 saturated carbocycles. The molecule has 0 N–H and O–H groups in total. The molecule has 2 aliphatic rings. The van der Waals surface area contributed by atoms with Crippen LogP contribution in [0.3, 0.4) is 0 Å². The van der Waals surface area contributed by atoms with Gasteiger partial charge in [-0.25, -0.2) is 0 Å². The lowest BCUT2D eigenvalue weighted by Gasteiger charge is -2.22. The van der Waals surface area contributed by atoms with Crippen molar-refractivity contribution in [3.63, 3.8) is 0 Å². The summed E-state index contributed by atoms with van der Waals surface area (Å²) in [6, 6.07) is 18.1. The number of hydrogen-bond acceptors (Lipinski definition) is 1. The van der Waals surface area contributed by atoms with E-state index in [0.717, 1.165) is 5.25 Å². The van der Waals surface area contributed by atoms with Crippen LogP contribution in [-0.4, -0.2) is 5.25 Å². The fourth-order valence-corrected chi connectivity index (χ4v) is 7.59. The van der Waals surface area contributed by atoms with E-state index in [9.17, 15) is 0 Å². The molecule has 2 aromatic carbocycles. The van der Waals surface area contributed by atoms with Crippen molar-refractivity contribution < 1.29 is 0 Å². The molecule has 0 saturated heterocycles. The average molecular weight is 285 g/mol. The average Bonchev–Trinajstić information content (AvgIpc) is 2.98. The fraction of sp³-hybridized carbons (Fsp3) is 0.294. The first-order valence-electron chi connectivity index (χ1n) is 7.02. The molecule has 96 valence electrons. The van der Waals surface area contributed by atoms with E-state index in [2.05, 4.69) is 48.5 Å². The quantitative estimate of drug-likeness (QED) is 0.655. The smallest absolute Gasteiger partial charge is 0.0795 e. The standard InChI is InChI=1S/C17H17S2/c1-2-8-13(7-1)19-16-11-5-3-9-14(16)18-15-10-4-6-12-17(15)19/h3-6,9-13H,1-2,7-8H2/q+1. The Morgan fingerprint density at radius 2 is 1.32 bits per heavy atom. The van der Waals surface area contributed by atoms with Crippen LogP contribution in [0.15, 0.2) is 68.1 Å². The molecule has 19 heavy (non-hydrogen) atoms. The molecule has 0 atom stereocenters. The van der Waals surface area contributed by atoms with Gasteiger partial charge in [-0.15, -0.1) is 0 Å². The highest BCUT2D eigenvalue weighted by Crippen LogP contribution is 2.49. The highest BCUT2D eigenvalue weighted by atomic mass is 32.2. The monoisotopic (exact) mass is 285 g/mol.